The average molecular weight is 515 g/mol. The van der Waals surface area contributed by atoms with Crippen LogP contribution in [0.4, 0.5) is 5.69 Å². The molecule has 36 heavy (non-hydrogen) atoms. The lowest BCUT2D eigenvalue weighted by Gasteiger charge is -1.95. The summed E-state index contributed by atoms with van der Waals surface area (Å²) in [6, 6.07) is 18.8. The van der Waals surface area contributed by atoms with Crippen molar-refractivity contribution in [3.63, 3.8) is 0 Å². The van der Waals surface area contributed by atoms with Gasteiger partial charge in [-0.2, -0.15) is 4.98 Å². The highest BCUT2D eigenvalue weighted by molar-refractivity contribution is 7.19. The van der Waals surface area contributed by atoms with Crippen molar-refractivity contribution in [2.75, 3.05) is 0 Å². The van der Waals surface area contributed by atoms with Gasteiger partial charge in [0.1, 0.15) is 5.57 Å². The molecule has 0 aliphatic carbocycles. The van der Waals surface area contributed by atoms with Crippen LogP contribution in [-0.2, 0) is 9.59 Å². The summed E-state index contributed by atoms with van der Waals surface area (Å²) in [5.41, 5.74) is 2.50. The predicted molar refractivity (Wildman–Crippen MR) is 143 cm³/mol. The highest BCUT2D eigenvalue weighted by atomic mass is 32.1. The molecule has 0 radical (unpaired) electrons. The topological polar surface area (TPSA) is 114 Å². The Hall–Kier alpha value is -4.47. The molecule has 7 nitrogen and oxygen atoms in total. The van der Waals surface area contributed by atoms with Crippen molar-refractivity contribution in [2.45, 2.75) is 0 Å². The minimum atomic E-state index is -1.12. The maximum Gasteiger partial charge on any atom is 0.342 e. The molecule has 3 N–H and O–H groups in total. The van der Waals surface area contributed by atoms with E-state index in [-0.39, 0.29) is 11.1 Å². The Kier molecular flexibility index (Phi) is 8.07. The zero-order valence-corrected chi connectivity index (χ0v) is 20.4. The second kappa shape index (κ2) is 11.8. The van der Waals surface area contributed by atoms with Crippen LogP contribution in [0.2, 0.25) is 0 Å². The molecular weight excluding hydrogens is 494 g/mol. The largest absolute Gasteiger partial charge is 0.478 e. The van der Waals surface area contributed by atoms with E-state index >= 15 is 0 Å². The van der Waals surface area contributed by atoms with E-state index in [0.29, 0.717) is 27.1 Å². The molecule has 0 aliphatic heterocycles. The molecule has 2 aromatic carbocycles. The number of aliphatic carboxylic acids is 2. The van der Waals surface area contributed by atoms with Crippen molar-refractivity contribution in [1.29, 1.82) is 0 Å². The minimum absolute atomic E-state index is 0.00568. The van der Waals surface area contributed by atoms with Crippen LogP contribution in [0.3, 0.4) is 0 Å². The molecule has 0 fully saturated rings. The molecule has 0 unspecified atom stereocenters. The van der Waals surface area contributed by atoms with Crippen molar-refractivity contribution in [2.24, 2.45) is 4.99 Å². The molecule has 0 atom stereocenters. The number of nitrogens with zero attached hydrogens (tertiary/aromatic N) is 2. The van der Waals surface area contributed by atoms with Gasteiger partial charge in [0.15, 0.2) is 0 Å². The number of aromatic nitrogens is 2. The third kappa shape index (κ3) is 6.35. The first kappa shape index (κ1) is 24.6. The van der Waals surface area contributed by atoms with Crippen molar-refractivity contribution in [3.05, 3.63) is 107 Å². The van der Waals surface area contributed by atoms with E-state index in [1.807, 2.05) is 66.7 Å². The zero-order chi connectivity index (χ0) is 25.3. The molecular formula is C27H20N3O4S2+. The van der Waals surface area contributed by atoms with Crippen molar-refractivity contribution in [3.8, 4) is 10.0 Å². The van der Waals surface area contributed by atoms with Crippen LogP contribution in [0.5, 0.6) is 0 Å². The number of hydrogen-bond acceptors (Lipinski definition) is 6. The fourth-order valence-electron chi connectivity index (χ4n) is 3.11. The van der Waals surface area contributed by atoms with Crippen molar-refractivity contribution in [1.82, 2.24) is 4.98 Å². The van der Waals surface area contributed by atoms with Gasteiger partial charge < -0.3 is 10.2 Å². The number of rotatable bonds is 9. The number of H-pyrrole nitrogens is 1. The summed E-state index contributed by atoms with van der Waals surface area (Å²) in [5.74, 6) is -2.19. The maximum atomic E-state index is 11.8. The number of aliphatic imine (C=N–C) groups is 1. The lowest BCUT2D eigenvalue weighted by molar-refractivity contribution is -0.361. The van der Waals surface area contributed by atoms with Gasteiger partial charge in [-0.1, -0.05) is 72.0 Å². The van der Waals surface area contributed by atoms with E-state index in [9.17, 15) is 19.8 Å². The summed E-state index contributed by atoms with van der Waals surface area (Å²) in [6.07, 6.45) is 7.88. The van der Waals surface area contributed by atoms with Crippen LogP contribution in [0.25, 0.3) is 27.2 Å². The molecule has 2 aromatic heterocycles. The Bertz CT molecular complexity index is 1370. The van der Waals surface area contributed by atoms with Gasteiger partial charge in [-0.15, -0.1) is 11.3 Å². The monoisotopic (exact) mass is 514 g/mol. The smallest absolute Gasteiger partial charge is 0.342 e. The Morgan fingerprint density at radius 2 is 1.56 bits per heavy atom. The molecule has 0 bridgehead atoms. The van der Waals surface area contributed by atoms with Gasteiger partial charge in [0.2, 0.25) is 10.7 Å². The fourth-order valence-corrected chi connectivity index (χ4v) is 4.85. The van der Waals surface area contributed by atoms with Crippen LogP contribution in [0.1, 0.15) is 17.0 Å². The maximum absolute atomic E-state index is 11.8. The normalized spacial score (nSPS) is 12.4. The first-order chi connectivity index (χ1) is 17.5. The number of benzene rings is 2. The number of allylic oxidation sites excluding steroid dienone is 3. The number of carboxylic acid groups (broad SMARTS) is 2. The first-order valence-electron chi connectivity index (χ1n) is 10.7. The molecule has 0 aliphatic rings. The second-order valence-corrected chi connectivity index (χ2v) is 9.03. The van der Waals surface area contributed by atoms with E-state index in [4.69, 9.17) is 0 Å². The lowest BCUT2D eigenvalue weighted by atomic mass is 10.1. The Labute approximate surface area is 214 Å². The van der Waals surface area contributed by atoms with E-state index in [0.717, 1.165) is 5.56 Å². The molecule has 0 amide bonds. The quantitative estimate of drug-likeness (QED) is 0.168. The molecule has 178 valence electrons. The summed E-state index contributed by atoms with van der Waals surface area (Å²) < 4.78 is 0. The Balaban J connectivity index is 1.55. The zero-order valence-electron chi connectivity index (χ0n) is 18.7. The summed E-state index contributed by atoms with van der Waals surface area (Å²) in [4.78, 5) is 35.4. The standard InChI is InChI=1S/C27H19N3O4S2/c31-26(32)20(13-7-10-18-8-3-1-4-9-18)22-16-35-24(29-22)25-30-23(17-36-25)21(27(33)34)14-15-28-19-11-5-2-6-12-19/h1-17H,(H,31,32)(H,33,34)/p+1/b10-7+,20-13-,21-14-,28-15?. The van der Waals surface area contributed by atoms with Crippen molar-refractivity contribution >= 4 is 63.7 Å². The number of carbonyl (C=O) groups is 2. The third-order valence-electron chi connectivity index (χ3n) is 4.84. The van der Waals surface area contributed by atoms with Gasteiger partial charge in [-0.05, 0) is 29.8 Å². The van der Waals surface area contributed by atoms with Gasteiger partial charge in [0.25, 0.3) is 5.01 Å². The number of nitrogens with one attached hydrogen (secondary N) is 1. The van der Waals surface area contributed by atoms with Crippen LogP contribution in [0, 0.1) is 0 Å². The summed E-state index contributed by atoms with van der Waals surface area (Å²) in [7, 11) is 0. The molecule has 0 spiro atoms. The number of aromatic amines is 1. The minimum Gasteiger partial charge on any atom is -0.478 e. The van der Waals surface area contributed by atoms with Gasteiger partial charge >= 0.3 is 11.9 Å². The van der Waals surface area contributed by atoms with Crippen LogP contribution in [-0.4, -0.2) is 33.4 Å². The SMILES string of the molecule is O=C(O)/C(=C\C=Nc1ccccc1)c1csc(-c2[nH+]c(/C(=C/C=C/c3ccccc3)C(=O)O)cs2)n1. The third-order valence-corrected chi connectivity index (χ3v) is 6.71. The van der Waals surface area contributed by atoms with Crippen molar-refractivity contribution < 1.29 is 24.8 Å². The van der Waals surface area contributed by atoms with Gasteiger partial charge in [-0.3, -0.25) is 4.99 Å². The predicted octanol–water partition coefficient (Wildman–Crippen LogP) is 5.74. The van der Waals surface area contributed by atoms with Crippen LogP contribution < -0.4 is 4.98 Å². The number of hydrogen-bond donors (Lipinski definition) is 2. The molecule has 0 saturated carbocycles. The van der Waals surface area contributed by atoms with E-state index in [1.165, 1.54) is 41.0 Å². The summed E-state index contributed by atoms with van der Waals surface area (Å²) in [5, 5.41) is 23.9. The van der Waals surface area contributed by atoms with Crippen LogP contribution in [0.15, 0.2) is 94.6 Å². The summed E-state index contributed by atoms with van der Waals surface area (Å²) in [6.45, 7) is 0. The van der Waals surface area contributed by atoms with E-state index < -0.39 is 11.9 Å². The highest BCUT2D eigenvalue weighted by Gasteiger charge is 2.23. The highest BCUT2D eigenvalue weighted by Crippen LogP contribution is 2.28. The van der Waals surface area contributed by atoms with Gasteiger partial charge in [0.05, 0.1) is 22.3 Å². The van der Waals surface area contributed by atoms with E-state index in [1.54, 1.807) is 16.8 Å². The lowest BCUT2D eigenvalue weighted by Crippen LogP contribution is -2.12. The molecule has 4 rings (SSSR count). The van der Waals surface area contributed by atoms with Gasteiger partial charge in [0, 0.05) is 11.6 Å². The average Bonchev–Trinajstić information content (AvgIpc) is 3.55. The Morgan fingerprint density at radius 1 is 0.861 bits per heavy atom. The first-order valence-corrected chi connectivity index (χ1v) is 12.4. The van der Waals surface area contributed by atoms with E-state index in [2.05, 4.69) is 15.0 Å². The molecule has 2 heterocycles. The van der Waals surface area contributed by atoms with Crippen LogP contribution >= 0.6 is 22.7 Å². The molecule has 0 saturated heterocycles. The summed E-state index contributed by atoms with van der Waals surface area (Å²) >= 11 is 2.56. The van der Waals surface area contributed by atoms with Gasteiger partial charge in [-0.25, -0.2) is 14.6 Å². The number of para-hydroxylation sites is 1. The second-order valence-electron chi connectivity index (χ2n) is 7.30. The fraction of sp³-hybridized carbons (Fsp3) is 0. The molecule has 9 heteroatoms. The number of thiazole rings is 2. The number of carboxylic acids is 2. The molecule has 4 aromatic rings. The Morgan fingerprint density at radius 3 is 2.25 bits per heavy atom.